The summed E-state index contributed by atoms with van der Waals surface area (Å²) >= 11 is 0. The van der Waals surface area contributed by atoms with E-state index in [9.17, 15) is 19.2 Å². The standard InChI is InChI=1S/C9H6O6/c10-5-3-1-2-9(7(12)14-5)4(3)6(11)15-8(9)13/h3-4H,1-2H2. The van der Waals surface area contributed by atoms with E-state index < -0.39 is 41.1 Å². The van der Waals surface area contributed by atoms with Gasteiger partial charge in [0.1, 0.15) is 0 Å². The van der Waals surface area contributed by atoms with Crippen LogP contribution in [0, 0.1) is 17.3 Å². The zero-order chi connectivity index (χ0) is 10.8. The smallest absolute Gasteiger partial charge is 0.332 e. The molecule has 2 bridgehead atoms. The first-order chi connectivity index (χ1) is 7.07. The molecule has 3 aliphatic rings. The van der Waals surface area contributed by atoms with Crippen LogP contribution in [0.25, 0.3) is 0 Å². The number of hydrogen-bond donors (Lipinski definition) is 0. The molecule has 6 nitrogen and oxygen atoms in total. The van der Waals surface area contributed by atoms with Crippen molar-refractivity contribution in [1.82, 2.24) is 0 Å². The summed E-state index contributed by atoms with van der Waals surface area (Å²) in [6, 6.07) is 0. The van der Waals surface area contributed by atoms with Crippen LogP contribution >= 0.6 is 0 Å². The number of carbonyl (C=O) groups excluding carboxylic acids is 4. The second-order valence-corrected chi connectivity index (χ2v) is 4.01. The zero-order valence-electron chi connectivity index (χ0n) is 7.52. The van der Waals surface area contributed by atoms with Crippen LogP contribution in [0.2, 0.25) is 0 Å². The number of esters is 4. The van der Waals surface area contributed by atoms with Crippen molar-refractivity contribution >= 4 is 23.9 Å². The minimum absolute atomic E-state index is 0.164. The molecule has 0 radical (unpaired) electrons. The van der Waals surface area contributed by atoms with E-state index in [2.05, 4.69) is 9.47 Å². The third-order valence-corrected chi connectivity index (χ3v) is 3.45. The average Bonchev–Trinajstić information content (AvgIpc) is 2.62. The summed E-state index contributed by atoms with van der Waals surface area (Å²) in [5.41, 5.74) is -1.52. The van der Waals surface area contributed by atoms with Crippen molar-refractivity contribution in [1.29, 1.82) is 0 Å². The largest absolute Gasteiger partial charge is 0.392 e. The van der Waals surface area contributed by atoms with E-state index in [4.69, 9.17) is 0 Å². The molecular formula is C9H6O6. The van der Waals surface area contributed by atoms with Crippen LogP contribution in [0.3, 0.4) is 0 Å². The number of ether oxygens (including phenoxy) is 2. The lowest BCUT2D eigenvalue weighted by atomic mass is 9.76. The maximum Gasteiger partial charge on any atom is 0.332 e. The van der Waals surface area contributed by atoms with E-state index in [1.165, 1.54) is 0 Å². The first kappa shape index (κ1) is 8.58. The van der Waals surface area contributed by atoms with Gasteiger partial charge < -0.3 is 9.47 Å². The van der Waals surface area contributed by atoms with Crippen molar-refractivity contribution in [3.63, 3.8) is 0 Å². The van der Waals surface area contributed by atoms with Gasteiger partial charge in [-0.3, -0.25) is 19.2 Å². The Morgan fingerprint density at radius 2 is 1.60 bits per heavy atom. The number of cyclic esters (lactones) is 4. The molecule has 2 aliphatic heterocycles. The van der Waals surface area contributed by atoms with Crippen LogP contribution in [0.5, 0.6) is 0 Å². The van der Waals surface area contributed by atoms with Gasteiger partial charge in [0.25, 0.3) is 0 Å². The van der Waals surface area contributed by atoms with Crippen molar-refractivity contribution in [2.45, 2.75) is 12.8 Å². The van der Waals surface area contributed by atoms with Gasteiger partial charge in [0, 0.05) is 0 Å². The summed E-state index contributed by atoms with van der Waals surface area (Å²) in [7, 11) is 0. The van der Waals surface area contributed by atoms with Crippen LogP contribution in [0.15, 0.2) is 0 Å². The second kappa shape index (κ2) is 2.26. The Hall–Kier alpha value is -1.72. The van der Waals surface area contributed by atoms with E-state index in [1.807, 2.05) is 0 Å². The average molecular weight is 210 g/mol. The van der Waals surface area contributed by atoms with Gasteiger partial charge in [0.15, 0.2) is 5.41 Å². The molecule has 3 fully saturated rings. The Kier molecular flexibility index (Phi) is 1.29. The lowest BCUT2D eigenvalue weighted by Gasteiger charge is -2.26. The highest BCUT2D eigenvalue weighted by Gasteiger charge is 2.73. The monoisotopic (exact) mass is 210 g/mol. The molecule has 0 aromatic carbocycles. The van der Waals surface area contributed by atoms with E-state index in [0.717, 1.165) is 0 Å². The highest BCUT2D eigenvalue weighted by Crippen LogP contribution is 2.56. The molecule has 3 rings (SSSR count). The van der Waals surface area contributed by atoms with Gasteiger partial charge in [-0.05, 0) is 12.8 Å². The van der Waals surface area contributed by atoms with Gasteiger partial charge in [-0.1, -0.05) is 0 Å². The van der Waals surface area contributed by atoms with Gasteiger partial charge in [-0.2, -0.15) is 0 Å². The maximum atomic E-state index is 11.5. The van der Waals surface area contributed by atoms with Crippen molar-refractivity contribution in [3.05, 3.63) is 0 Å². The number of rotatable bonds is 0. The third-order valence-electron chi connectivity index (χ3n) is 3.45. The summed E-state index contributed by atoms with van der Waals surface area (Å²) in [6.45, 7) is 0. The molecule has 3 unspecified atom stereocenters. The number of hydrogen-bond acceptors (Lipinski definition) is 6. The molecule has 15 heavy (non-hydrogen) atoms. The fraction of sp³-hybridized carbons (Fsp3) is 0.556. The molecular weight excluding hydrogens is 204 g/mol. The zero-order valence-corrected chi connectivity index (χ0v) is 7.52. The molecule has 6 heteroatoms. The van der Waals surface area contributed by atoms with Crippen LogP contribution < -0.4 is 0 Å². The summed E-state index contributed by atoms with van der Waals surface area (Å²) in [6.07, 6.45) is 0.494. The molecule has 0 aromatic heterocycles. The molecule has 2 saturated heterocycles. The summed E-state index contributed by atoms with van der Waals surface area (Å²) < 4.78 is 8.89. The van der Waals surface area contributed by atoms with Crippen LogP contribution in [0.1, 0.15) is 12.8 Å². The van der Waals surface area contributed by atoms with Gasteiger partial charge in [0.05, 0.1) is 11.8 Å². The van der Waals surface area contributed by atoms with Crippen LogP contribution in [-0.2, 0) is 28.7 Å². The molecule has 0 amide bonds. The number of carbonyl (C=O) groups is 4. The minimum atomic E-state index is -1.52. The predicted molar refractivity (Wildman–Crippen MR) is 40.8 cm³/mol. The fourth-order valence-corrected chi connectivity index (χ4v) is 2.71. The highest BCUT2D eigenvalue weighted by atomic mass is 16.6. The van der Waals surface area contributed by atoms with Crippen LogP contribution in [0.4, 0.5) is 0 Å². The topological polar surface area (TPSA) is 86.7 Å². The van der Waals surface area contributed by atoms with E-state index in [1.54, 1.807) is 0 Å². The Labute approximate surface area is 83.5 Å². The first-order valence-corrected chi connectivity index (χ1v) is 4.59. The first-order valence-electron chi connectivity index (χ1n) is 4.59. The van der Waals surface area contributed by atoms with Crippen molar-refractivity contribution < 1.29 is 28.7 Å². The predicted octanol–water partition coefficient (Wildman–Crippen LogP) is -0.834. The third kappa shape index (κ3) is 0.726. The summed E-state index contributed by atoms with van der Waals surface area (Å²) in [5, 5.41) is 0. The van der Waals surface area contributed by atoms with Crippen molar-refractivity contribution in [2.75, 3.05) is 0 Å². The Morgan fingerprint density at radius 1 is 1.00 bits per heavy atom. The SMILES string of the molecule is O=C1OC(=O)C23CCC1C2C(=O)OC3=O. The Balaban J connectivity index is 2.20. The van der Waals surface area contributed by atoms with E-state index in [-0.39, 0.29) is 6.42 Å². The normalized spacial score (nSPS) is 42.7. The molecule has 0 aromatic rings. The quantitative estimate of drug-likeness (QED) is 0.383. The maximum absolute atomic E-state index is 11.5. The molecule has 3 atom stereocenters. The lowest BCUT2D eigenvalue weighted by molar-refractivity contribution is -0.179. The van der Waals surface area contributed by atoms with Gasteiger partial charge in [0.2, 0.25) is 0 Å². The highest BCUT2D eigenvalue weighted by molar-refractivity contribution is 6.17. The summed E-state index contributed by atoms with van der Waals surface area (Å²) in [5.74, 6) is -4.92. The van der Waals surface area contributed by atoms with Gasteiger partial charge in [-0.25, -0.2) is 0 Å². The van der Waals surface area contributed by atoms with Crippen molar-refractivity contribution in [2.24, 2.45) is 17.3 Å². The van der Waals surface area contributed by atoms with E-state index in [0.29, 0.717) is 6.42 Å². The van der Waals surface area contributed by atoms with Gasteiger partial charge >= 0.3 is 23.9 Å². The summed E-state index contributed by atoms with van der Waals surface area (Å²) in [4.78, 5) is 45.6. The van der Waals surface area contributed by atoms with Gasteiger partial charge in [-0.15, -0.1) is 0 Å². The molecule has 0 N–H and O–H groups in total. The van der Waals surface area contributed by atoms with Crippen LogP contribution in [-0.4, -0.2) is 23.9 Å². The fourth-order valence-electron chi connectivity index (χ4n) is 2.71. The molecule has 0 spiro atoms. The van der Waals surface area contributed by atoms with E-state index >= 15 is 0 Å². The molecule has 78 valence electrons. The molecule has 2 heterocycles. The van der Waals surface area contributed by atoms with Crippen molar-refractivity contribution in [3.8, 4) is 0 Å². The molecule has 1 saturated carbocycles. The Morgan fingerprint density at radius 3 is 2.27 bits per heavy atom. The second-order valence-electron chi connectivity index (χ2n) is 4.01. The molecule has 1 aliphatic carbocycles. The Bertz CT molecular complexity index is 424. The minimum Gasteiger partial charge on any atom is -0.392 e. The lowest BCUT2D eigenvalue weighted by Crippen LogP contribution is -2.47.